The van der Waals surface area contributed by atoms with Gasteiger partial charge in [-0.3, -0.25) is 4.79 Å². The van der Waals surface area contributed by atoms with Gasteiger partial charge < -0.3 is 15.4 Å². The van der Waals surface area contributed by atoms with E-state index in [2.05, 4.69) is 15.4 Å². The molecule has 0 aliphatic rings. The Morgan fingerprint density at radius 3 is 2.18 bits per heavy atom. The molecule has 22 heavy (non-hydrogen) atoms. The van der Waals surface area contributed by atoms with Crippen LogP contribution in [0.15, 0.2) is 24.3 Å². The summed E-state index contributed by atoms with van der Waals surface area (Å²) in [7, 11) is 0. The average Bonchev–Trinajstić information content (AvgIpc) is 2.35. The smallest absolute Gasteiger partial charge is 0.422 e. The van der Waals surface area contributed by atoms with Crippen molar-refractivity contribution >= 4 is 11.6 Å². The predicted molar refractivity (Wildman–Crippen MR) is 79.0 cm³/mol. The van der Waals surface area contributed by atoms with Gasteiger partial charge >= 0.3 is 6.18 Å². The van der Waals surface area contributed by atoms with Crippen molar-refractivity contribution in [2.75, 3.05) is 11.9 Å². The number of ether oxygens (including phenoxy) is 1. The van der Waals surface area contributed by atoms with Crippen molar-refractivity contribution in [2.45, 2.75) is 45.5 Å². The monoisotopic (exact) mass is 318 g/mol. The third-order valence-electron chi connectivity index (χ3n) is 2.53. The number of nitrogens with one attached hydrogen (secondary N) is 2. The summed E-state index contributed by atoms with van der Waals surface area (Å²) in [6, 6.07) is 5.49. The highest BCUT2D eigenvalue weighted by molar-refractivity contribution is 5.84. The summed E-state index contributed by atoms with van der Waals surface area (Å²) < 4.78 is 40.7. The minimum Gasteiger partial charge on any atom is -0.484 e. The SMILES string of the molecule is CC(Nc1ccc(OCC(F)(F)F)cc1)C(=O)NC(C)(C)C. The second kappa shape index (κ2) is 6.89. The van der Waals surface area contributed by atoms with Crippen molar-refractivity contribution in [1.29, 1.82) is 0 Å². The highest BCUT2D eigenvalue weighted by Crippen LogP contribution is 2.20. The van der Waals surface area contributed by atoms with Crippen LogP contribution in [0.2, 0.25) is 0 Å². The molecule has 1 amide bonds. The quantitative estimate of drug-likeness (QED) is 0.875. The Morgan fingerprint density at radius 2 is 1.73 bits per heavy atom. The first kappa shape index (κ1) is 18.1. The van der Waals surface area contributed by atoms with Crippen molar-refractivity contribution in [2.24, 2.45) is 0 Å². The molecule has 0 aromatic heterocycles. The van der Waals surface area contributed by atoms with Crippen LogP contribution in [0.3, 0.4) is 0 Å². The van der Waals surface area contributed by atoms with Crippen LogP contribution >= 0.6 is 0 Å². The maximum Gasteiger partial charge on any atom is 0.422 e. The van der Waals surface area contributed by atoms with Gasteiger partial charge in [0.05, 0.1) is 0 Å². The van der Waals surface area contributed by atoms with E-state index in [1.54, 1.807) is 19.1 Å². The van der Waals surface area contributed by atoms with E-state index in [9.17, 15) is 18.0 Å². The van der Waals surface area contributed by atoms with Gasteiger partial charge in [0.25, 0.3) is 0 Å². The molecule has 0 heterocycles. The van der Waals surface area contributed by atoms with Crippen LogP contribution in [-0.2, 0) is 4.79 Å². The van der Waals surface area contributed by atoms with Crippen molar-refractivity contribution in [1.82, 2.24) is 5.32 Å². The predicted octanol–water partition coefficient (Wildman–Crippen LogP) is 3.34. The largest absolute Gasteiger partial charge is 0.484 e. The van der Waals surface area contributed by atoms with Gasteiger partial charge in [-0.25, -0.2) is 0 Å². The average molecular weight is 318 g/mol. The fourth-order valence-electron chi connectivity index (χ4n) is 1.61. The lowest BCUT2D eigenvalue weighted by molar-refractivity contribution is -0.153. The zero-order chi connectivity index (χ0) is 17.0. The van der Waals surface area contributed by atoms with E-state index in [0.717, 1.165) is 0 Å². The van der Waals surface area contributed by atoms with Crippen LogP contribution in [0.1, 0.15) is 27.7 Å². The molecule has 0 bridgehead atoms. The van der Waals surface area contributed by atoms with E-state index >= 15 is 0 Å². The lowest BCUT2D eigenvalue weighted by Crippen LogP contribution is -2.47. The van der Waals surface area contributed by atoms with Gasteiger partial charge in [0.15, 0.2) is 6.61 Å². The summed E-state index contributed by atoms with van der Waals surface area (Å²) in [5.41, 5.74) is 0.290. The van der Waals surface area contributed by atoms with E-state index in [1.807, 2.05) is 20.8 Å². The Labute approximate surface area is 128 Å². The van der Waals surface area contributed by atoms with E-state index < -0.39 is 18.8 Å². The molecule has 0 saturated carbocycles. The van der Waals surface area contributed by atoms with Gasteiger partial charge in [-0.15, -0.1) is 0 Å². The van der Waals surface area contributed by atoms with Crippen LogP contribution in [0.4, 0.5) is 18.9 Å². The van der Waals surface area contributed by atoms with Crippen molar-refractivity contribution in [3.05, 3.63) is 24.3 Å². The van der Waals surface area contributed by atoms with Gasteiger partial charge in [0.2, 0.25) is 5.91 Å². The van der Waals surface area contributed by atoms with Crippen LogP contribution in [-0.4, -0.2) is 30.3 Å². The Hall–Kier alpha value is -1.92. The van der Waals surface area contributed by atoms with Crippen LogP contribution in [0, 0.1) is 0 Å². The molecule has 0 radical (unpaired) electrons. The Kier molecular flexibility index (Phi) is 5.68. The molecule has 1 unspecified atom stereocenters. The molecule has 0 aliphatic carbocycles. The van der Waals surface area contributed by atoms with E-state index in [4.69, 9.17) is 0 Å². The number of rotatable bonds is 5. The fraction of sp³-hybridized carbons (Fsp3) is 0.533. The minimum atomic E-state index is -4.36. The first-order valence-corrected chi connectivity index (χ1v) is 6.84. The number of benzene rings is 1. The number of halogens is 3. The van der Waals surface area contributed by atoms with Gasteiger partial charge in [0, 0.05) is 11.2 Å². The lowest BCUT2D eigenvalue weighted by Gasteiger charge is -2.24. The third kappa shape index (κ3) is 7.19. The van der Waals surface area contributed by atoms with Crippen LogP contribution in [0.25, 0.3) is 0 Å². The minimum absolute atomic E-state index is 0.120. The van der Waals surface area contributed by atoms with Crippen LogP contribution in [0.5, 0.6) is 5.75 Å². The van der Waals surface area contributed by atoms with E-state index in [0.29, 0.717) is 5.69 Å². The number of alkyl halides is 3. The normalized spacial score (nSPS) is 13.4. The number of anilines is 1. The molecule has 1 rings (SSSR count). The van der Waals surface area contributed by atoms with Crippen molar-refractivity contribution in [3.63, 3.8) is 0 Å². The molecule has 0 aliphatic heterocycles. The summed E-state index contributed by atoms with van der Waals surface area (Å²) in [6.07, 6.45) is -4.36. The van der Waals surface area contributed by atoms with Gasteiger partial charge in [-0.1, -0.05) is 0 Å². The zero-order valence-corrected chi connectivity index (χ0v) is 13.0. The first-order chi connectivity index (χ1) is 9.96. The van der Waals surface area contributed by atoms with Gasteiger partial charge in [-0.2, -0.15) is 13.2 Å². The first-order valence-electron chi connectivity index (χ1n) is 6.84. The molecule has 2 N–H and O–H groups in total. The Balaban J connectivity index is 2.55. The van der Waals surface area contributed by atoms with Gasteiger partial charge in [-0.05, 0) is 52.0 Å². The van der Waals surface area contributed by atoms with E-state index in [-0.39, 0.29) is 17.2 Å². The molecule has 7 heteroatoms. The van der Waals surface area contributed by atoms with Gasteiger partial charge in [0.1, 0.15) is 11.8 Å². The molecule has 4 nitrogen and oxygen atoms in total. The molecule has 1 atom stereocenters. The second-order valence-corrected chi connectivity index (χ2v) is 6.03. The van der Waals surface area contributed by atoms with E-state index in [1.165, 1.54) is 12.1 Å². The molecular formula is C15H21F3N2O2. The highest BCUT2D eigenvalue weighted by Gasteiger charge is 2.28. The molecule has 0 fully saturated rings. The number of hydrogen-bond donors (Lipinski definition) is 2. The maximum atomic E-state index is 12.0. The summed E-state index contributed by atoms with van der Waals surface area (Å²) >= 11 is 0. The Morgan fingerprint density at radius 1 is 1.18 bits per heavy atom. The standard InChI is InChI=1S/C15H21F3N2O2/c1-10(13(21)20-14(2,3)4)19-11-5-7-12(8-6-11)22-9-15(16,17)18/h5-8,10,19H,9H2,1-4H3,(H,20,21). The van der Waals surface area contributed by atoms with Crippen molar-refractivity contribution in [3.8, 4) is 5.75 Å². The molecule has 1 aromatic rings. The molecule has 1 aromatic carbocycles. The fourth-order valence-corrected chi connectivity index (χ4v) is 1.61. The number of carbonyl (C=O) groups is 1. The molecule has 0 spiro atoms. The maximum absolute atomic E-state index is 12.0. The highest BCUT2D eigenvalue weighted by atomic mass is 19.4. The summed E-state index contributed by atoms with van der Waals surface area (Å²) in [6.45, 7) is 6.01. The number of amides is 1. The number of carbonyl (C=O) groups excluding carboxylic acids is 1. The number of hydrogen-bond acceptors (Lipinski definition) is 3. The van der Waals surface area contributed by atoms with Crippen LogP contribution < -0.4 is 15.4 Å². The summed E-state index contributed by atoms with van der Waals surface area (Å²) in [5, 5.41) is 5.81. The zero-order valence-electron chi connectivity index (χ0n) is 13.0. The Bertz CT molecular complexity index is 493. The molecule has 0 saturated heterocycles. The summed E-state index contributed by atoms with van der Waals surface area (Å²) in [4.78, 5) is 11.9. The molecular weight excluding hydrogens is 297 g/mol. The third-order valence-corrected chi connectivity index (χ3v) is 2.53. The second-order valence-electron chi connectivity index (χ2n) is 6.03. The van der Waals surface area contributed by atoms with Crippen molar-refractivity contribution < 1.29 is 22.7 Å². The lowest BCUT2D eigenvalue weighted by atomic mass is 10.1. The topological polar surface area (TPSA) is 50.4 Å². The molecule has 124 valence electrons. The summed E-state index contributed by atoms with van der Waals surface area (Å²) in [5.74, 6) is -0.0421.